The predicted octanol–water partition coefficient (Wildman–Crippen LogP) is 4.33. The topological polar surface area (TPSA) is 46.5 Å². The number of rotatable bonds is 3. The third kappa shape index (κ3) is 2.63. The van der Waals surface area contributed by atoms with Gasteiger partial charge in [0, 0.05) is 5.02 Å². The maximum Gasteiger partial charge on any atom is 0.336 e. The summed E-state index contributed by atoms with van der Waals surface area (Å²) in [5.41, 5.74) is 3.60. The minimum absolute atomic E-state index is 0.238. The van der Waals surface area contributed by atoms with E-state index in [9.17, 15) is 9.90 Å². The van der Waals surface area contributed by atoms with Crippen molar-refractivity contribution in [2.24, 2.45) is 0 Å². The van der Waals surface area contributed by atoms with E-state index in [4.69, 9.17) is 16.3 Å². The van der Waals surface area contributed by atoms with Gasteiger partial charge in [-0.1, -0.05) is 11.6 Å². The Bertz CT molecular complexity index is 678. The molecule has 0 unspecified atom stereocenters. The molecule has 0 aliphatic carbocycles. The highest BCUT2D eigenvalue weighted by Crippen LogP contribution is 2.33. The molecule has 2 aromatic rings. The Morgan fingerprint density at radius 3 is 2.40 bits per heavy atom. The van der Waals surface area contributed by atoms with E-state index in [0.717, 1.165) is 22.4 Å². The van der Waals surface area contributed by atoms with Crippen LogP contribution >= 0.6 is 11.6 Å². The minimum Gasteiger partial charge on any atom is -0.496 e. The molecule has 20 heavy (non-hydrogen) atoms. The lowest BCUT2D eigenvalue weighted by Gasteiger charge is -2.13. The molecule has 4 heteroatoms. The Labute approximate surface area is 122 Å². The molecule has 2 rings (SSSR count). The third-order valence-corrected chi connectivity index (χ3v) is 3.48. The monoisotopic (exact) mass is 290 g/mol. The van der Waals surface area contributed by atoms with E-state index < -0.39 is 5.97 Å². The summed E-state index contributed by atoms with van der Waals surface area (Å²) < 4.78 is 5.28. The fourth-order valence-corrected chi connectivity index (χ4v) is 2.40. The summed E-state index contributed by atoms with van der Waals surface area (Å²) in [6.07, 6.45) is 0. The highest BCUT2D eigenvalue weighted by molar-refractivity contribution is 6.31. The molecule has 0 saturated heterocycles. The van der Waals surface area contributed by atoms with Crippen molar-refractivity contribution in [3.8, 4) is 16.9 Å². The summed E-state index contributed by atoms with van der Waals surface area (Å²) in [6.45, 7) is 3.84. The van der Waals surface area contributed by atoms with Gasteiger partial charge in [-0.15, -0.1) is 0 Å². The first-order valence-electron chi connectivity index (χ1n) is 6.12. The number of carboxylic acids is 1. The smallest absolute Gasteiger partial charge is 0.336 e. The quantitative estimate of drug-likeness (QED) is 0.915. The molecule has 0 aromatic heterocycles. The molecular formula is C16H15ClO3. The van der Waals surface area contributed by atoms with E-state index in [0.29, 0.717) is 10.6 Å². The molecule has 0 bridgehead atoms. The van der Waals surface area contributed by atoms with Crippen LogP contribution in [0.1, 0.15) is 21.5 Å². The molecule has 104 valence electrons. The van der Waals surface area contributed by atoms with Crippen molar-refractivity contribution in [2.45, 2.75) is 13.8 Å². The predicted molar refractivity (Wildman–Crippen MR) is 79.9 cm³/mol. The van der Waals surface area contributed by atoms with Crippen LogP contribution in [0.15, 0.2) is 30.3 Å². The summed E-state index contributed by atoms with van der Waals surface area (Å²) in [7, 11) is 1.61. The van der Waals surface area contributed by atoms with E-state index in [1.807, 2.05) is 26.0 Å². The van der Waals surface area contributed by atoms with Gasteiger partial charge >= 0.3 is 5.97 Å². The number of benzene rings is 2. The number of carboxylic acid groups (broad SMARTS) is 1. The first kappa shape index (κ1) is 14.4. The second kappa shape index (κ2) is 5.55. The van der Waals surface area contributed by atoms with Crippen molar-refractivity contribution in [3.63, 3.8) is 0 Å². The molecule has 0 atom stereocenters. The first-order valence-corrected chi connectivity index (χ1v) is 6.50. The summed E-state index contributed by atoms with van der Waals surface area (Å²) in [5.74, 6) is -0.185. The minimum atomic E-state index is -0.968. The molecule has 0 saturated carbocycles. The number of ether oxygens (including phenoxy) is 1. The van der Waals surface area contributed by atoms with E-state index in [2.05, 4.69) is 0 Å². The SMILES string of the molecule is COc1cc(C)c(-c2cc(Cl)ccc2C(=O)O)cc1C. The Morgan fingerprint density at radius 2 is 1.80 bits per heavy atom. The van der Waals surface area contributed by atoms with Crippen molar-refractivity contribution in [2.75, 3.05) is 7.11 Å². The number of hydrogen-bond acceptors (Lipinski definition) is 2. The lowest BCUT2D eigenvalue weighted by molar-refractivity contribution is 0.0698. The molecule has 3 nitrogen and oxygen atoms in total. The number of aryl methyl sites for hydroxylation is 2. The molecule has 0 fully saturated rings. The Morgan fingerprint density at radius 1 is 1.10 bits per heavy atom. The molecule has 0 aliphatic rings. The van der Waals surface area contributed by atoms with Crippen LogP contribution in [0.4, 0.5) is 0 Å². The van der Waals surface area contributed by atoms with Gasteiger partial charge in [-0.3, -0.25) is 0 Å². The van der Waals surface area contributed by atoms with Gasteiger partial charge in [-0.25, -0.2) is 4.79 Å². The van der Waals surface area contributed by atoms with Crippen molar-refractivity contribution in [1.82, 2.24) is 0 Å². The van der Waals surface area contributed by atoms with Crippen LogP contribution in [-0.2, 0) is 0 Å². The van der Waals surface area contributed by atoms with Gasteiger partial charge in [0.1, 0.15) is 5.75 Å². The number of aromatic carboxylic acids is 1. The molecule has 0 radical (unpaired) electrons. The molecule has 1 N–H and O–H groups in total. The van der Waals surface area contributed by atoms with Crippen LogP contribution in [-0.4, -0.2) is 18.2 Å². The summed E-state index contributed by atoms with van der Waals surface area (Å²) in [6, 6.07) is 8.61. The average Bonchev–Trinajstić information content (AvgIpc) is 2.40. The van der Waals surface area contributed by atoms with Crippen LogP contribution in [0.3, 0.4) is 0 Å². The van der Waals surface area contributed by atoms with E-state index in [1.54, 1.807) is 19.2 Å². The van der Waals surface area contributed by atoms with Gasteiger partial charge in [-0.05, 0) is 66.4 Å². The van der Waals surface area contributed by atoms with Crippen LogP contribution in [0, 0.1) is 13.8 Å². The second-order valence-electron chi connectivity index (χ2n) is 4.63. The average molecular weight is 291 g/mol. The van der Waals surface area contributed by atoms with E-state index >= 15 is 0 Å². The Balaban J connectivity index is 2.71. The standard InChI is InChI=1S/C16H15ClO3/c1-9-7-15(20-3)10(2)6-13(9)14-8-11(17)4-5-12(14)16(18)19/h4-8H,1-3H3,(H,18,19). The third-order valence-electron chi connectivity index (χ3n) is 3.24. The van der Waals surface area contributed by atoms with Gasteiger partial charge < -0.3 is 9.84 Å². The maximum atomic E-state index is 11.4. The molecule has 0 heterocycles. The van der Waals surface area contributed by atoms with Crippen molar-refractivity contribution in [1.29, 1.82) is 0 Å². The zero-order valence-electron chi connectivity index (χ0n) is 11.5. The first-order chi connectivity index (χ1) is 9.43. The summed E-state index contributed by atoms with van der Waals surface area (Å²) in [4.78, 5) is 11.4. The Kier molecular flexibility index (Phi) is 4.00. The van der Waals surface area contributed by atoms with Gasteiger partial charge in [0.05, 0.1) is 12.7 Å². The Hall–Kier alpha value is -2.00. The number of hydrogen-bond donors (Lipinski definition) is 1. The van der Waals surface area contributed by atoms with E-state index in [-0.39, 0.29) is 5.56 Å². The number of carbonyl (C=O) groups is 1. The highest BCUT2D eigenvalue weighted by atomic mass is 35.5. The molecular weight excluding hydrogens is 276 g/mol. The summed E-state index contributed by atoms with van der Waals surface area (Å²) >= 11 is 6.00. The van der Waals surface area contributed by atoms with Gasteiger partial charge in [0.15, 0.2) is 0 Å². The van der Waals surface area contributed by atoms with Gasteiger partial charge in [0.2, 0.25) is 0 Å². The molecule has 2 aromatic carbocycles. The van der Waals surface area contributed by atoms with Crippen molar-refractivity contribution < 1.29 is 14.6 Å². The largest absolute Gasteiger partial charge is 0.496 e. The van der Waals surface area contributed by atoms with Crippen LogP contribution in [0.5, 0.6) is 5.75 Å². The maximum absolute atomic E-state index is 11.4. The van der Waals surface area contributed by atoms with E-state index in [1.165, 1.54) is 6.07 Å². The second-order valence-corrected chi connectivity index (χ2v) is 5.07. The van der Waals surface area contributed by atoms with Crippen LogP contribution < -0.4 is 4.74 Å². The van der Waals surface area contributed by atoms with Crippen molar-refractivity contribution in [3.05, 3.63) is 52.0 Å². The van der Waals surface area contributed by atoms with Crippen LogP contribution in [0.25, 0.3) is 11.1 Å². The zero-order chi connectivity index (χ0) is 14.9. The van der Waals surface area contributed by atoms with Gasteiger partial charge in [-0.2, -0.15) is 0 Å². The fraction of sp³-hybridized carbons (Fsp3) is 0.188. The van der Waals surface area contributed by atoms with Crippen molar-refractivity contribution >= 4 is 17.6 Å². The fourth-order valence-electron chi connectivity index (χ4n) is 2.23. The normalized spacial score (nSPS) is 10.4. The summed E-state index contributed by atoms with van der Waals surface area (Å²) in [5, 5.41) is 9.82. The molecule has 0 amide bonds. The van der Waals surface area contributed by atoms with Gasteiger partial charge in [0.25, 0.3) is 0 Å². The number of methoxy groups -OCH3 is 1. The van der Waals surface area contributed by atoms with Crippen LogP contribution in [0.2, 0.25) is 5.02 Å². The number of halogens is 1. The lowest BCUT2D eigenvalue weighted by atomic mass is 9.94. The lowest BCUT2D eigenvalue weighted by Crippen LogP contribution is -2.01. The highest BCUT2D eigenvalue weighted by Gasteiger charge is 2.15. The zero-order valence-corrected chi connectivity index (χ0v) is 12.3. The molecule has 0 spiro atoms. The molecule has 0 aliphatic heterocycles.